The maximum atomic E-state index is 12.4. The monoisotopic (exact) mass is 404 g/mol. The lowest BCUT2D eigenvalue weighted by molar-refractivity contribution is 0.579. The molecule has 0 unspecified atom stereocenters. The maximum absolute atomic E-state index is 12.4. The van der Waals surface area contributed by atoms with Gasteiger partial charge in [0, 0.05) is 50.7 Å². The van der Waals surface area contributed by atoms with Crippen LogP contribution < -0.4 is 10.0 Å². The number of imidazole rings is 2. The fraction of sp³-hybridized carbons (Fsp3) is 0.412. The van der Waals surface area contributed by atoms with Gasteiger partial charge in [0.2, 0.25) is 0 Å². The normalized spacial score (nSPS) is 11.9. The minimum atomic E-state index is -3.67. The highest BCUT2D eigenvalue weighted by Crippen LogP contribution is 2.16. The first-order valence-electron chi connectivity index (χ1n) is 8.87. The van der Waals surface area contributed by atoms with Crippen molar-refractivity contribution in [3.63, 3.8) is 0 Å². The molecule has 0 bridgehead atoms. The highest BCUT2D eigenvalue weighted by atomic mass is 32.2. The third kappa shape index (κ3) is 4.37. The molecule has 0 spiro atoms. The van der Waals surface area contributed by atoms with Crippen LogP contribution in [-0.4, -0.2) is 50.6 Å². The van der Waals surface area contributed by atoms with Crippen LogP contribution in [0.25, 0.3) is 5.82 Å². The van der Waals surface area contributed by atoms with Crippen LogP contribution in [0.3, 0.4) is 0 Å². The number of aryl methyl sites for hydroxylation is 2. The molecule has 3 aromatic heterocycles. The summed E-state index contributed by atoms with van der Waals surface area (Å²) >= 11 is 0. The van der Waals surface area contributed by atoms with Crippen LogP contribution in [0.15, 0.2) is 36.0 Å². The molecule has 2 N–H and O–H groups in total. The Morgan fingerprint density at radius 2 is 1.96 bits per heavy atom. The molecule has 10 nitrogen and oxygen atoms in total. The van der Waals surface area contributed by atoms with Crippen LogP contribution in [0, 0.1) is 6.92 Å². The standard InChI is InChI=1S/C17H24N8O2S/c1-12(2)17-23-16(10-24(17)4)28(26,27)22-6-5-19-14-9-15(21-11-20-14)25-8-7-18-13(25)3/h7-12,22H,5-6H2,1-4H3,(H,19,20,21). The van der Waals surface area contributed by atoms with Crippen molar-refractivity contribution in [1.82, 2.24) is 33.8 Å². The zero-order chi connectivity index (χ0) is 20.3. The van der Waals surface area contributed by atoms with Crippen LogP contribution in [0.5, 0.6) is 0 Å². The van der Waals surface area contributed by atoms with E-state index in [0.717, 1.165) is 11.6 Å². The molecule has 150 valence electrons. The summed E-state index contributed by atoms with van der Waals surface area (Å²) in [5, 5.41) is 3.11. The van der Waals surface area contributed by atoms with Gasteiger partial charge in [0.1, 0.15) is 29.6 Å². The lowest BCUT2D eigenvalue weighted by atomic mass is 10.2. The van der Waals surface area contributed by atoms with Gasteiger partial charge in [-0.05, 0) is 6.92 Å². The molecule has 0 saturated carbocycles. The lowest BCUT2D eigenvalue weighted by Crippen LogP contribution is -2.29. The summed E-state index contributed by atoms with van der Waals surface area (Å²) in [6.45, 7) is 6.38. The van der Waals surface area contributed by atoms with Crippen LogP contribution in [0.2, 0.25) is 0 Å². The number of anilines is 1. The molecule has 0 aliphatic heterocycles. The van der Waals surface area contributed by atoms with E-state index in [4.69, 9.17) is 0 Å². The zero-order valence-electron chi connectivity index (χ0n) is 16.3. The Hall–Kier alpha value is -2.79. The van der Waals surface area contributed by atoms with Gasteiger partial charge >= 0.3 is 0 Å². The number of hydrogen-bond donors (Lipinski definition) is 2. The molecule has 0 atom stereocenters. The molecule has 0 radical (unpaired) electrons. The largest absolute Gasteiger partial charge is 0.369 e. The van der Waals surface area contributed by atoms with Crippen molar-refractivity contribution in [3.8, 4) is 5.82 Å². The molecule has 3 rings (SSSR count). The topological polar surface area (TPSA) is 120 Å². The first kappa shape index (κ1) is 20.0. The van der Waals surface area contributed by atoms with E-state index in [2.05, 4.69) is 30.0 Å². The van der Waals surface area contributed by atoms with Gasteiger partial charge in [-0.2, -0.15) is 0 Å². The predicted molar refractivity (Wildman–Crippen MR) is 105 cm³/mol. The fourth-order valence-electron chi connectivity index (χ4n) is 2.76. The number of sulfonamides is 1. The smallest absolute Gasteiger partial charge is 0.259 e. The van der Waals surface area contributed by atoms with Gasteiger partial charge in [-0.15, -0.1) is 0 Å². The summed E-state index contributed by atoms with van der Waals surface area (Å²) in [7, 11) is -1.88. The molecular weight excluding hydrogens is 380 g/mol. The number of nitrogens with one attached hydrogen (secondary N) is 2. The zero-order valence-corrected chi connectivity index (χ0v) is 17.1. The van der Waals surface area contributed by atoms with Gasteiger partial charge in [-0.1, -0.05) is 13.8 Å². The van der Waals surface area contributed by atoms with E-state index in [0.29, 0.717) is 18.2 Å². The van der Waals surface area contributed by atoms with Gasteiger partial charge in [0.15, 0.2) is 5.03 Å². The summed E-state index contributed by atoms with van der Waals surface area (Å²) in [6.07, 6.45) is 6.48. The Labute approximate surface area is 164 Å². The fourth-order valence-corrected chi connectivity index (χ4v) is 3.79. The average Bonchev–Trinajstić information content (AvgIpc) is 3.25. The number of aromatic nitrogens is 6. The predicted octanol–water partition coefficient (Wildman–Crippen LogP) is 1.22. The summed E-state index contributed by atoms with van der Waals surface area (Å²) in [5.41, 5.74) is 0. The van der Waals surface area contributed by atoms with E-state index in [-0.39, 0.29) is 17.5 Å². The minimum Gasteiger partial charge on any atom is -0.369 e. The second-order valence-corrected chi connectivity index (χ2v) is 8.35. The highest BCUT2D eigenvalue weighted by Gasteiger charge is 2.20. The van der Waals surface area contributed by atoms with Crippen molar-refractivity contribution >= 4 is 15.8 Å². The van der Waals surface area contributed by atoms with Crippen LogP contribution in [-0.2, 0) is 17.1 Å². The molecule has 0 aliphatic carbocycles. The van der Waals surface area contributed by atoms with Crippen LogP contribution in [0.4, 0.5) is 5.82 Å². The Bertz CT molecular complexity index is 1050. The van der Waals surface area contributed by atoms with Crippen molar-refractivity contribution in [2.45, 2.75) is 31.7 Å². The van der Waals surface area contributed by atoms with E-state index in [1.807, 2.05) is 31.5 Å². The average molecular weight is 405 g/mol. The SMILES string of the molecule is Cc1nccn1-c1cc(NCCNS(=O)(=O)c2cn(C)c(C(C)C)n2)ncn1. The maximum Gasteiger partial charge on any atom is 0.259 e. The van der Waals surface area contributed by atoms with E-state index >= 15 is 0 Å². The summed E-state index contributed by atoms with van der Waals surface area (Å²) in [4.78, 5) is 16.8. The molecule has 28 heavy (non-hydrogen) atoms. The van der Waals surface area contributed by atoms with Crippen LogP contribution in [0.1, 0.15) is 31.4 Å². The first-order valence-corrected chi connectivity index (χ1v) is 10.4. The second-order valence-electron chi connectivity index (χ2n) is 6.63. The Morgan fingerprint density at radius 3 is 2.61 bits per heavy atom. The number of hydrogen-bond acceptors (Lipinski definition) is 7. The third-order valence-corrected chi connectivity index (χ3v) is 5.46. The van der Waals surface area contributed by atoms with Gasteiger partial charge in [0.25, 0.3) is 10.0 Å². The Balaban J connectivity index is 1.58. The first-order chi connectivity index (χ1) is 13.3. The van der Waals surface area contributed by atoms with E-state index < -0.39 is 10.0 Å². The molecule has 11 heteroatoms. The Morgan fingerprint density at radius 1 is 1.18 bits per heavy atom. The van der Waals surface area contributed by atoms with Crippen molar-refractivity contribution in [1.29, 1.82) is 0 Å². The van der Waals surface area contributed by atoms with Crippen molar-refractivity contribution in [3.05, 3.63) is 42.6 Å². The third-order valence-electron chi connectivity index (χ3n) is 4.13. The minimum absolute atomic E-state index is 0.0265. The van der Waals surface area contributed by atoms with Gasteiger partial charge in [0.05, 0.1) is 0 Å². The summed E-state index contributed by atoms with van der Waals surface area (Å²) in [5.74, 6) is 2.96. The van der Waals surface area contributed by atoms with E-state index in [1.54, 1.807) is 23.9 Å². The Kier molecular flexibility index (Phi) is 5.75. The molecule has 3 heterocycles. The molecular formula is C17H24N8O2S. The molecule has 0 fully saturated rings. The van der Waals surface area contributed by atoms with Crippen LogP contribution >= 0.6 is 0 Å². The number of nitrogens with zero attached hydrogens (tertiary/aromatic N) is 6. The second kappa shape index (κ2) is 8.07. The molecule has 0 aliphatic rings. The molecule has 0 aromatic carbocycles. The van der Waals surface area contributed by atoms with E-state index in [9.17, 15) is 8.42 Å². The quantitative estimate of drug-likeness (QED) is 0.542. The van der Waals surface area contributed by atoms with Gasteiger partial charge < -0.3 is 9.88 Å². The summed E-state index contributed by atoms with van der Waals surface area (Å²) in [6, 6.07) is 1.77. The molecule has 0 amide bonds. The van der Waals surface area contributed by atoms with Crippen molar-refractivity contribution in [2.24, 2.45) is 7.05 Å². The number of rotatable bonds is 8. The highest BCUT2D eigenvalue weighted by molar-refractivity contribution is 7.89. The molecule has 3 aromatic rings. The van der Waals surface area contributed by atoms with Crippen molar-refractivity contribution < 1.29 is 8.42 Å². The summed E-state index contributed by atoms with van der Waals surface area (Å²) < 4.78 is 31.0. The lowest BCUT2D eigenvalue weighted by Gasteiger charge is -2.09. The van der Waals surface area contributed by atoms with Gasteiger partial charge in [-0.25, -0.2) is 33.1 Å². The van der Waals surface area contributed by atoms with Crippen molar-refractivity contribution in [2.75, 3.05) is 18.4 Å². The van der Waals surface area contributed by atoms with E-state index in [1.165, 1.54) is 12.5 Å². The van der Waals surface area contributed by atoms with Gasteiger partial charge in [-0.3, -0.25) is 4.57 Å². The molecule has 0 saturated heterocycles.